The molecule has 1 aliphatic rings. The van der Waals surface area contributed by atoms with Crippen molar-refractivity contribution in [3.8, 4) is 17.2 Å². The molecule has 122 valence electrons. The van der Waals surface area contributed by atoms with E-state index in [1.807, 2.05) is 5.38 Å². The van der Waals surface area contributed by atoms with Gasteiger partial charge in [0.05, 0.1) is 18.7 Å². The number of fused-ring (bicyclic) bond motifs is 2. The topological polar surface area (TPSA) is 74.9 Å². The molecule has 0 saturated heterocycles. The van der Waals surface area contributed by atoms with Crippen molar-refractivity contribution in [2.45, 2.75) is 6.92 Å². The highest BCUT2D eigenvalue weighted by Crippen LogP contribution is 2.41. The lowest BCUT2D eigenvalue weighted by atomic mass is 10.2. The summed E-state index contributed by atoms with van der Waals surface area (Å²) in [4.78, 5) is 17.6. The van der Waals surface area contributed by atoms with Crippen molar-refractivity contribution in [1.29, 1.82) is 0 Å². The molecule has 3 heterocycles. The molecule has 4 rings (SSSR count). The van der Waals surface area contributed by atoms with Crippen LogP contribution in [0.1, 0.15) is 11.4 Å². The number of hydrogen-bond donors (Lipinski definition) is 0. The van der Waals surface area contributed by atoms with Crippen molar-refractivity contribution in [1.82, 2.24) is 9.66 Å². The predicted molar refractivity (Wildman–Crippen MR) is 90.7 cm³/mol. The van der Waals surface area contributed by atoms with Crippen LogP contribution in [-0.2, 0) is 0 Å². The van der Waals surface area contributed by atoms with Crippen LogP contribution in [0.25, 0.3) is 10.2 Å². The van der Waals surface area contributed by atoms with E-state index in [4.69, 9.17) is 14.2 Å². The molecule has 0 atom stereocenters. The number of methoxy groups -OCH3 is 1. The second kappa shape index (κ2) is 5.64. The lowest BCUT2D eigenvalue weighted by molar-refractivity contribution is 0.171. The van der Waals surface area contributed by atoms with Gasteiger partial charge in [-0.25, -0.2) is 4.98 Å². The van der Waals surface area contributed by atoms with Crippen LogP contribution in [0.15, 0.2) is 33.5 Å². The normalized spacial score (nSPS) is 13.1. The lowest BCUT2D eigenvalue weighted by Crippen LogP contribution is -2.19. The highest BCUT2D eigenvalue weighted by Gasteiger charge is 2.19. The quantitative estimate of drug-likeness (QED) is 0.683. The summed E-state index contributed by atoms with van der Waals surface area (Å²) in [6, 6.07) is 5.31. The first-order chi connectivity index (χ1) is 11.7. The van der Waals surface area contributed by atoms with Gasteiger partial charge in [0, 0.05) is 5.56 Å². The zero-order valence-corrected chi connectivity index (χ0v) is 13.8. The number of aryl methyl sites for hydroxylation is 1. The molecule has 8 heteroatoms. The van der Waals surface area contributed by atoms with Crippen LogP contribution in [0.4, 0.5) is 0 Å². The largest absolute Gasteiger partial charge is 0.493 e. The standard InChI is InChI=1S/C16H13N3O4S/c1-9-18-15-11(3-4-24-15)16(20)19(9)17-7-10-5-12(21-2)14-13(6-10)22-8-23-14/h3-7H,8H2,1-2H3. The molecule has 0 bridgehead atoms. The van der Waals surface area contributed by atoms with E-state index in [-0.39, 0.29) is 12.4 Å². The summed E-state index contributed by atoms with van der Waals surface area (Å²) in [6.45, 7) is 1.90. The summed E-state index contributed by atoms with van der Waals surface area (Å²) in [6.07, 6.45) is 1.57. The Kier molecular flexibility index (Phi) is 3.46. The molecule has 0 radical (unpaired) electrons. The van der Waals surface area contributed by atoms with Gasteiger partial charge in [-0.3, -0.25) is 4.79 Å². The van der Waals surface area contributed by atoms with Crippen LogP contribution < -0.4 is 19.8 Å². The minimum absolute atomic E-state index is 0.156. The summed E-state index contributed by atoms with van der Waals surface area (Å²) in [7, 11) is 1.56. The number of hydrogen-bond acceptors (Lipinski definition) is 7. The number of benzene rings is 1. The Morgan fingerprint density at radius 3 is 3.12 bits per heavy atom. The van der Waals surface area contributed by atoms with Crippen molar-refractivity contribution < 1.29 is 14.2 Å². The van der Waals surface area contributed by atoms with E-state index in [9.17, 15) is 4.79 Å². The molecule has 7 nitrogen and oxygen atoms in total. The van der Waals surface area contributed by atoms with Crippen LogP contribution in [0, 0.1) is 6.92 Å². The Balaban J connectivity index is 1.77. The Hall–Kier alpha value is -2.87. The summed E-state index contributed by atoms with van der Waals surface area (Å²) in [5.74, 6) is 2.25. The Labute approximate surface area is 140 Å². The smallest absolute Gasteiger partial charge is 0.282 e. The third kappa shape index (κ3) is 2.31. The van der Waals surface area contributed by atoms with Gasteiger partial charge in [0.2, 0.25) is 12.5 Å². The summed E-state index contributed by atoms with van der Waals surface area (Å²) in [5, 5.41) is 6.68. The SMILES string of the molecule is COc1cc(C=Nn2c(C)nc3sccc3c2=O)cc2c1OCO2. The number of nitrogens with zero attached hydrogens (tertiary/aromatic N) is 3. The number of aromatic nitrogens is 2. The maximum Gasteiger partial charge on any atom is 0.282 e. The molecule has 0 N–H and O–H groups in total. The average molecular weight is 343 g/mol. The second-order valence-electron chi connectivity index (χ2n) is 5.12. The lowest BCUT2D eigenvalue weighted by Gasteiger charge is -2.06. The van der Waals surface area contributed by atoms with Gasteiger partial charge in [-0.1, -0.05) is 0 Å². The van der Waals surface area contributed by atoms with Gasteiger partial charge in [-0.2, -0.15) is 9.78 Å². The Morgan fingerprint density at radius 2 is 2.29 bits per heavy atom. The van der Waals surface area contributed by atoms with E-state index in [1.165, 1.54) is 16.0 Å². The summed E-state index contributed by atoms with van der Waals surface area (Å²) >= 11 is 1.43. The molecule has 1 aromatic carbocycles. The molecule has 0 spiro atoms. The predicted octanol–water partition coefficient (Wildman–Crippen LogP) is 2.39. The molecule has 0 saturated carbocycles. The Bertz CT molecular complexity index is 1020. The average Bonchev–Trinajstić information content (AvgIpc) is 3.22. The summed E-state index contributed by atoms with van der Waals surface area (Å²) < 4.78 is 17.3. The van der Waals surface area contributed by atoms with E-state index < -0.39 is 0 Å². The first kappa shape index (κ1) is 14.7. The maximum absolute atomic E-state index is 12.5. The van der Waals surface area contributed by atoms with Crippen LogP contribution in [0.2, 0.25) is 0 Å². The fourth-order valence-corrected chi connectivity index (χ4v) is 3.29. The van der Waals surface area contributed by atoms with Crippen LogP contribution in [0.3, 0.4) is 0 Å². The first-order valence-electron chi connectivity index (χ1n) is 7.16. The first-order valence-corrected chi connectivity index (χ1v) is 8.04. The molecule has 0 amide bonds. The van der Waals surface area contributed by atoms with Crippen LogP contribution in [0.5, 0.6) is 17.2 Å². The Morgan fingerprint density at radius 1 is 1.42 bits per heavy atom. The fourth-order valence-electron chi connectivity index (χ4n) is 2.49. The van der Waals surface area contributed by atoms with Crippen molar-refractivity contribution in [2.75, 3.05) is 13.9 Å². The van der Waals surface area contributed by atoms with E-state index in [0.29, 0.717) is 33.3 Å². The monoisotopic (exact) mass is 343 g/mol. The van der Waals surface area contributed by atoms with Crippen molar-refractivity contribution in [2.24, 2.45) is 5.10 Å². The van der Waals surface area contributed by atoms with Crippen molar-refractivity contribution in [3.05, 3.63) is 45.3 Å². The highest BCUT2D eigenvalue weighted by molar-refractivity contribution is 7.16. The van der Waals surface area contributed by atoms with Gasteiger partial charge in [0.1, 0.15) is 10.7 Å². The molecule has 0 aliphatic carbocycles. The number of thiophene rings is 1. The van der Waals surface area contributed by atoms with Crippen molar-refractivity contribution in [3.63, 3.8) is 0 Å². The van der Waals surface area contributed by atoms with E-state index in [2.05, 4.69) is 10.1 Å². The molecular formula is C16H13N3O4S. The number of rotatable bonds is 3. The second-order valence-corrected chi connectivity index (χ2v) is 6.01. The third-order valence-electron chi connectivity index (χ3n) is 3.64. The van der Waals surface area contributed by atoms with Gasteiger partial charge in [0.15, 0.2) is 11.5 Å². The zero-order valence-electron chi connectivity index (χ0n) is 13.0. The van der Waals surface area contributed by atoms with Gasteiger partial charge >= 0.3 is 0 Å². The van der Waals surface area contributed by atoms with E-state index in [0.717, 1.165) is 5.56 Å². The zero-order chi connectivity index (χ0) is 16.7. The van der Waals surface area contributed by atoms with E-state index in [1.54, 1.807) is 38.4 Å². The molecule has 2 aromatic heterocycles. The van der Waals surface area contributed by atoms with Crippen LogP contribution >= 0.6 is 11.3 Å². The molecular weight excluding hydrogens is 330 g/mol. The molecule has 1 aliphatic heterocycles. The van der Waals surface area contributed by atoms with Gasteiger partial charge in [-0.15, -0.1) is 11.3 Å². The van der Waals surface area contributed by atoms with Gasteiger partial charge in [-0.05, 0) is 30.5 Å². The summed E-state index contributed by atoms with van der Waals surface area (Å²) in [5.41, 5.74) is 0.538. The van der Waals surface area contributed by atoms with E-state index >= 15 is 0 Å². The van der Waals surface area contributed by atoms with Gasteiger partial charge in [0.25, 0.3) is 5.56 Å². The third-order valence-corrected chi connectivity index (χ3v) is 4.45. The minimum atomic E-state index is -0.192. The van der Waals surface area contributed by atoms with Gasteiger partial charge < -0.3 is 14.2 Å². The minimum Gasteiger partial charge on any atom is -0.493 e. The van der Waals surface area contributed by atoms with Crippen LogP contribution in [-0.4, -0.2) is 29.8 Å². The fraction of sp³-hybridized carbons (Fsp3) is 0.188. The highest BCUT2D eigenvalue weighted by atomic mass is 32.1. The molecule has 24 heavy (non-hydrogen) atoms. The van der Waals surface area contributed by atoms with Crippen molar-refractivity contribution >= 4 is 27.8 Å². The maximum atomic E-state index is 12.5. The molecule has 0 fully saturated rings. The molecule has 3 aromatic rings. The molecule has 0 unspecified atom stereocenters. The number of ether oxygens (including phenoxy) is 3.